The van der Waals surface area contributed by atoms with Gasteiger partial charge >= 0.3 is 0 Å². The molecule has 1 heterocycles. The van der Waals surface area contributed by atoms with Crippen molar-refractivity contribution in [3.05, 3.63) is 0 Å². The summed E-state index contributed by atoms with van der Waals surface area (Å²) in [6.45, 7) is 7.21. The van der Waals surface area contributed by atoms with Crippen LogP contribution in [0.5, 0.6) is 0 Å². The molecule has 1 rings (SSSR count). The molecule has 1 aliphatic rings. The molecule has 0 amide bonds. The first-order valence-corrected chi connectivity index (χ1v) is 5.16. The van der Waals surface area contributed by atoms with Crippen LogP contribution in [0.4, 0.5) is 0 Å². The van der Waals surface area contributed by atoms with Crippen LogP contribution in [0.25, 0.3) is 0 Å². The highest BCUT2D eigenvalue weighted by Crippen LogP contribution is 2.01. The first-order chi connectivity index (χ1) is 6.72. The highest BCUT2D eigenvalue weighted by molar-refractivity contribution is 6.08. The first kappa shape index (κ1) is 15.9. The number of rotatable bonds is 2. The van der Waals surface area contributed by atoms with E-state index in [1.54, 1.807) is 6.92 Å². The van der Waals surface area contributed by atoms with Gasteiger partial charge in [-0.15, -0.1) is 0 Å². The Kier molecular flexibility index (Phi) is 17.1. The van der Waals surface area contributed by atoms with Crippen LogP contribution < -0.4 is 0 Å². The monoisotopic (exact) mass is 199 g/mol. The van der Waals surface area contributed by atoms with E-state index in [0.717, 1.165) is 6.32 Å². The standard InChI is InChI=1S/C5H11N.C3H6O2.C2H5B/c1-6-4-2-3-5-6;1-2-5-3-4;1-2-3/h2-5H2,1H3;3H,2H2,1H3;2H2,1H3. The van der Waals surface area contributed by atoms with Gasteiger partial charge in [-0.05, 0) is 39.9 Å². The lowest BCUT2D eigenvalue weighted by Crippen LogP contribution is -2.10. The number of ether oxygens (including phenoxy) is 1. The average molecular weight is 199 g/mol. The van der Waals surface area contributed by atoms with E-state index < -0.39 is 0 Å². The Bertz CT molecular complexity index is 106. The molecule has 0 N–H and O–H groups in total. The molecule has 0 spiro atoms. The van der Waals surface area contributed by atoms with Crippen molar-refractivity contribution in [3.63, 3.8) is 0 Å². The van der Waals surface area contributed by atoms with Crippen LogP contribution in [0.1, 0.15) is 26.7 Å². The van der Waals surface area contributed by atoms with Gasteiger partial charge in [0.1, 0.15) is 0 Å². The number of hydrogen-bond acceptors (Lipinski definition) is 3. The number of nitrogens with zero attached hydrogens (tertiary/aromatic N) is 1. The molecule has 1 aliphatic heterocycles. The van der Waals surface area contributed by atoms with Crippen molar-refractivity contribution in [1.82, 2.24) is 4.90 Å². The second-order valence-electron chi connectivity index (χ2n) is 2.97. The fourth-order valence-corrected chi connectivity index (χ4v) is 0.943. The molecule has 1 saturated heterocycles. The lowest BCUT2D eigenvalue weighted by molar-refractivity contribution is -0.128. The lowest BCUT2D eigenvalue weighted by Gasteiger charge is -2.01. The smallest absolute Gasteiger partial charge is 0.293 e. The van der Waals surface area contributed by atoms with Gasteiger partial charge in [-0.25, -0.2) is 0 Å². The summed E-state index contributed by atoms with van der Waals surface area (Å²) in [6, 6.07) is 0. The number of carbonyl (C=O) groups excluding carboxylic acids is 1. The molecule has 82 valence electrons. The molecule has 0 saturated carbocycles. The van der Waals surface area contributed by atoms with Crippen LogP contribution in [0.2, 0.25) is 6.32 Å². The number of hydrogen-bond donors (Lipinski definition) is 0. The third kappa shape index (κ3) is 17.5. The van der Waals surface area contributed by atoms with Crippen molar-refractivity contribution in [2.45, 2.75) is 33.0 Å². The molecule has 0 aromatic heterocycles. The molecular weight excluding hydrogens is 177 g/mol. The Labute approximate surface area is 89.2 Å². The van der Waals surface area contributed by atoms with Crippen molar-refractivity contribution >= 4 is 14.3 Å². The molecule has 0 bridgehead atoms. The predicted octanol–water partition coefficient (Wildman–Crippen LogP) is 1.48. The van der Waals surface area contributed by atoms with Crippen LogP contribution in [-0.2, 0) is 9.53 Å². The van der Waals surface area contributed by atoms with E-state index in [1.165, 1.54) is 25.9 Å². The third-order valence-corrected chi connectivity index (χ3v) is 1.56. The van der Waals surface area contributed by atoms with Gasteiger partial charge in [-0.3, -0.25) is 4.79 Å². The highest BCUT2D eigenvalue weighted by Gasteiger charge is 2.03. The van der Waals surface area contributed by atoms with Gasteiger partial charge < -0.3 is 9.64 Å². The van der Waals surface area contributed by atoms with E-state index in [4.69, 9.17) is 7.85 Å². The van der Waals surface area contributed by atoms with Crippen molar-refractivity contribution in [2.75, 3.05) is 26.7 Å². The summed E-state index contributed by atoms with van der Waals surface area (Å²) in [5.41, 5.74) is 0. The molecule has 0 atom stereocenters. The molecule has 4 heteroatoms. The molecule has 14 heavy (non-hydrogen) atoms. The molecule has 1 fully saturated rings. The molecule has 3 nitrogen and oxygen atoms in total. The van der Waals surface area contributed by atoms with E-state index in [9.17, 15) is 4.79 Å². The molecule has 0 unspecified atom stereocenters. The number of likely N-dealkylation sites (tertiary alicyclic amines) is 1. The minimum absolute atomic E-state index is 0.431. The van der Waals surface area contributed by atoms with Gasteiger partial charge in [-0.2, -0.15) is 0 Å². The van der Waals surface area contributed by atoms with Crippen LogP contribution in [0.3, 0.4) is 0 Å². The summed E-state index contributed by atoms with van der Waals surface area (Å²) in [4.78, 5) is 11.5. The maximum Gasteiger partial charge on any atom is 0.293 e. The Balaban J connectivity index is 0. The Morgan fingerprint density at radius 2 is 1.79 bits per heavy atom. The summed E-state index contributed by atoms with van der Waals surface area (Å²) in [6.07, 6.45) is 3.58. The van der Waals surface area contributed by atoms with Crippen LogP contribution in [0.15, 0.2) is 0 Å². The van der Waals surface area contributed by atoms with Gasteiger partial charge in [0.2, 0.25) is 0 Å². The van der Waals surface area contributed by atoms with Crippen molar-refractivity contribution in [1.29, 1.82) is 0 Å². The SMILES string of the molecule is CCOC=O.CN1CCCC1.[B]CC. The Morgan fingerprint density at radius 1 is 1.36 bits per heavy atom. The lowest BCUT2D eigenvalue weighted by atomic mass is 10.1. The zero-order valence-corrected chi connectivity index (χ0v) is 9.66. The van der Waals surface area contributed by atoms with Gasteiger partial charge in [0, 0.05) is 0 Å². The summed E-state index contributed by atoms with van der Waals surface area (Å²) in [7, 11) is 7.02. The van der Waals surface area contributed by atoms with E-state index in [2.05, 4.69) is 16.7 Å². The van der Waals surface area contributed by atoms with E-state index in [-0.39, 0.29) is 0 Å². The first-order valence-electron chi connectivity index (χ1n) is 5.16. The maximum atomic E-state index is 9.18. The second kappa shape index (κ2) is 15.0. The second-order valence-corrected chi connectivity index (χ2v) is 2.97. The quantitative estimate of drug-likeness (QED) is 0.498. The van der Waals surface area contributed by atoms with Gasteiger partial charge in [0.15, 0.2) is 0 Å². The topological polar surface area (TPSA) is 29.5 Å². The normalized spacial score (nSPS) is 14.5. The van der Waals surface area contributed by atoms with Crippen molar-refractivity contribution in [2.24, 2.45) is 0 Å². The van der Waals surface area contributed by atoms with Crippen molar-refractivity contribution in [3.8, 4) is 0 Å². The van der Waals surface area contributed by atoms with Gasteiger partial charge in [-0.1, -0.05) is 13.2 Å². The van der Waals surface area contributed by atoms with Crippen molar-refractivity contribution < 1.29 is 9.53 Å². The Morgan fingerprint density at radius 3 is 1.86 bits per heavy atom. The maximum absolute atomic E-state index is 9.18. The average Bonchev–Trinajstić information content (AvgIpc) is 2.60. The van der Waals surface area contributed by atoms with Crippen LogP contribution >= 0.6 is 0 Å². The minimum atomic E-state index is 0.431. The van der Waals surface area contributed by atoms with Gasteiger partial charge in [0.05, 0.1) is 14.5 Å². The van der Waals surface area contributed by atoms with Crippen LogP contribution in [0, 0.1) is 0 Å². The zero-order valence-electron chi connectivity index (χ0n) is 9.66. The molecule has 0 aromatic rings. The summed E-state index contributed by atoms with van der Waals surface area (Å²) >= 11 is 0. The summed E-state index contributed by atoms with van der Waals surface area (Å²) in [5, 5.41) is 0. The molecule has 0 aliphatic carbocycles. The summed E-state index contributed by atoms with van der Waals surface area (Å²) in [5.74, 6) is 0. The molecule has 2 radical (unpaired) electrons. The van der Waals surface area contributed by atoms with E-state index in [1.807, 2.05) is 6.92 Å². The summed E-state index contributed by atoms with van der Waals surface area (Å²) < 4.78 is 4.15. The van der Waals surface area contributed by atoms with Gasteiger partial charge in [0.25, 0.3) is 6.47 Å². The van der Waals surface area contributed by atoms with E-state index >= 15 is 0 Å². The predicted molar refractivity (Wildman–Crippen MR) is 60.7 cm³/mol. The minimum Gasteiger partial charge on any atom is -0.468 e. The molecule has 0 aromatic carbocycles. The van der Waals surface area contributed by atoms with Crippen LogP contribution in [-0.4, -0.2) is 46.0 Å². The fourth-order valence-electron chi connectivity index (χ4n) is 0.943. The number of carbonyl (C=O) groups is 1. The zero-order chi connectivity index (χ0) is 11.2. The highest BCUT2D eigenvalue weighted by atomic mass is 16.5. The Hall–Kier alpha value is -0.505. The fraction of sp³-hybridized carbons (Fsp3) is 0.900. The largest absolute Gasteiger partial charge is 0.468 e. The third-order valence-electron chi connectivity index (χ3n) is 1.56. The van der Waals surface area contributed by atoms with E-state index in [0.29, 0.717) is 13.1 Å². The molecular formula is C10H22BNO2.